The first-order chi connectivity index (χ1) is 33.3. The van der Waals surface area contributed by atoms with Crippen LogP contribution in [0.4, 0.5) is 0 Å². The van der Waals surface area contributed by atoms with Gasteiger partial charge in [0.05, 0.1) is 31.0 Å². The third-order valence-corrected chi connectivity index (χ3v) is 13.4. The molecule has 1 aliphatic carbocycles. The Kier molecular flexibility index (Phi) is 32.1. The van der Waals surface area contributed by atoms with Crippen LogP contribution in [0.3, 0.4) is 0 Å². The van der Waals surface area contributed by atoms with E-state index in [9.17, 15) is 68.8 Å². The van der Waals surface area contributed by atoms with Crippen molar-refractivity contribution < 1.29 is 91.9 Å². The van der Waals surface area contributed by atoms with E-state index in [0.29, 0.717) is 12.8 Å². The molecule has 0 spiro atoms. The lowest BCUT2D eigenvalue weighted by Crippen LogP contribution is -2.56. The van der Waals surface area contributed by atoms with Gasteiger partial charge in [-0.15, -0.1) is 0 Å². The molecule has 1 unspecified atom stereocenters. The molecule has 1 heterocycles. The van der Waals surface area contributed by atoms with E-state index in [-0.39, 0.29) is 38.5 Å². The van der Waals surface area contributed by atoms with Gasteiger partial charge in [-0.05, 0) is 70.6 Å². The SMILES string of the molecule is CCCCC/C=C\C/C=C\C/C=C\CCCCCCC(=O)OC[C@@H]1COP(=O)(O)O[C@H]2[C@H](O)[C@@H](O)[C@H](O)[C@@H](C/C=C\CCCC(=O)O1)C(=O)C[C@@H](O)[C@H](/C=C/[C@@H](O)CCCCC)[C@@H](O)[C@H]2OP(=O)(O)O. The average molecular weight is 1040 g/mol. The van der Waals surface area contributed by atoms with Crippen molar-refractivity contribution in [2.75, 3.05) is 13.2 Å². The summed E-state index contributed by atoms with van der Waals surface area (Å²) < 4.78 is 52.1. The van der Waals surface area contributed by atoms with Gasteiger partial charge in [-0.1, -0.05) is 120 Å². The van der Waals surface area contributed by atoms with Crippen LogP contribution in [0.15, 0.2) is 60.8 Å². The second kappa shape index (κ2) is 35.4. The van der Waals surface area contributed by atoms with Gasteiger partial charge in [0.1, 0.15) is 36.8 Å². The third-order valence-electron chi connectivity index (χ3n) is 11.9. The molecule has 0 aromatic heterocycles. The number of Topliss-reactive ketones (excluding diaryl/α,β-unsaturated/α-hetero) is 1. The monoisotopic (exact) mass is 1040 g/mol. The van der Waals surface area contributed by atoms with Gasteiger partial charge in [0.15, 0.2) is 6.10 Å². The number of rotatable bonds is 25. The predicted octanol–water partition coefficient (Wildman–Crippen LogP) is 6.43. The lowest BCUT2D eigenvalue weighted by atomic mass is 9.84. The number of cyclic esters (lactones) is 1. The van der Waals surface area contributed by atoms with Crippen molar-refractivity contribution in [2.45, 2.75) is 204 Å². The lowest BCUT2D eigenvalue weighted by Gasteiger charge is -2.38. The lowest BCUT2D eigenvalue weighted by molar-refractivity contribution is -0.165. The number of ketones is 1. The highest BCUT2D eigenvalue weighted by Gasteiger charge is 2.51. The molecule has 19 nitrogen and oxygen atoms in total. The molecule has 0 aromatic carbocycles. The zero-order valence-corrected chi connectivity index (χ0v) is 42.7. The summed E-state index contributed by atoms with van der Waals surface area (Å²) in [5.74, 6) is -5.69. The maximum atomic E-state index is 13.7. The average Bonchev–Trinajstić information content (AvgIpc) is 3.30. The number of unbranched alkanes of at least 4 members (excludes halogenated alkanes) is 9. The van der Waals surface area contributed by atoms with Gasteiger partial charge in [-0.25, -0.2) is 9.13 Å². The minimum Gasteiger partial charge on any atom is -0.462 e. The van der Waals surface area contributed by atoms with E-state index in [4.69, 9.17) is 23.0 Å². The van der Waals surface area contributed by atoms with Crippen LogP contribution < -0.4 is 0 Å². The number of ether oxygens (including phenoxy) is 2. The molecule has 9 N–H and O–H groups in total. The van der Waals surface area contributed by atoms with Crippen LogP contribution in [-0.2, 0) is 46.6 Å². The summed E-state index contributed by atoms with van der Waals surface area (Å²) in [6.07, 6.45) is 10.5. The number of aliphatic hydroxyl groups is 6. The number of aliphatic hydroxyl groups excluding tert-OH is 6. The van der Waals surface area contributed by atoms with E-state index >= 15 is 0 Å². The maximum Gasteiger partial charge on any atom is 0.472 e. The molecule has 2 rings (SSSR count). The van der Waals surface area contributed by atoms with Crippen LogP contribution in [0.25, 0.3) is 0 Å². The highest BCUT2D eigenvalue weighted by Crippen LogP contribution is 2.49. The van der Waals surface area contributed by atoms with Crippen LogP contribution in [0.1, 0.15) is 149 Å². The maximum absolute atomic E-state index is 13.7. The van der Waals surface area contributed by atoms with Crippen molar-refractivity contribution in [3.63, 3.8) is 0 Å². The number of allylic oxidation sites excluding steroid dienone is 8. The fraction of sp³-hybridized carbons (Fsp3) is 0.735. The first-order valence-electron chi connectivity index (χ1n) is 24.9. The number of carbonyl (C=O) groups is 3. The summed E-state index contributed by atoms with van der Waals surface area (Å²) in [5.41, 5.74) is 0. The summed E-state index contributed by atoms with van der Waals surface area (Å²) in [7, 11) is -11.5. The van der Waals surface area contributed by atoms with Crippen molar-refractivity contribution in [3.05, 3.63) is 60.8 Å². The van der Waals surface area contributed by atoms with Gasteiger partial charge in [-0.3, -0.25) is 28.0 Å². The molecule has 0 saturated heterocycles. The van der Waals surface area contributed by atoms with Gasteiger partial charge in [0.2, 0.25) is 0 Å². The molecule has 21 heteroatoms. The molecular weight excluding hydrogens is 954 g/mol. The van der Waals surface area contributed by atoms with Crippen LogP contribution in [0, 0.1) is 11.8 Å². The van der Waals surface area contributed by atoms with E-state index in [1.54, 1.807) is 6.08 Å². The number of carbonyl (C=O) groups excluding carboxylic acids is 3. The van der Waals surface area contributed by atoms with E-state index in [1.807, 2.05) is 6.92 Å². The van der Waals surface area contributed by atoms with E-state index in [2.05, 4.69) is 43.4 Å². The summed E-state index contributed by atoms with van der Waals surface area (Å²) in [6.45, 7) is 2.50. The van der Waals surface area contributed by atoms with Gasteiger partial charge >= 0.3 is 27.6 Å². The normalized spacial score (nSPS) is 30.4. The largest absolute Gasteiger partial charge is 0.472 e. The topological polar surface area (TPSA) is 314 Å². The number of phosphoric ester groups is 2. The molecule has 0 aromatic rings. The number of hydrogen-bond donors (Lipinski definition) is 9. The van der Waals surface area contributed by atoms with Crippen LogP contribution in [0.2, 0.25) is 0 Å². The van der Waals surface area contributed by atoms with Gasteiger partial charge < -0.3 is 54.8 Å². The third kappa shape index (κ3) is 26.8. The van der Waals surface area contributed by atoms with E-state index in [0.717, 1.165) is 69.9 Å². The zero-order valence-electron chi connectivity index (χ0n) is 40.9. The van der Waals surface area contributed by atoms with Gasteiger partial charge in [0.25, 0.3) is 0 Å². The Labute approximate surface area is 413 Å². The number of fused-ring (bicyclic) bond motifs is 4. The fourth-order valence-electron chi connectivity index (χ4n) is 7.91. The molecule has 1 aliphatic heterocycles. The second-order valence-electron chi connectivity index (χ2n) is 18.0. The predicted molar refractivity (Wildman–Crippen MR) is 260 cm³/mol. The van der Waals surface area contributed by atoms with E-state index in [1.165, 1.54) is 25.3 Å². The summed E-state index contributed by atoms with van der Waals surface area (Å²) in [6, 6.07) is 0. The van der Waals surface area contributed by atoms with Crippen molar-refractivity contribution in [1.29, 1.82) is 0 Å². The summed E-state index contributed by atoms with van der Waals surface area (Å²) in [5, 5.41) is 68.1. The molecule has 0 radical (unpaired) electrons. The van der Waals surface area contributed by atoms with Crippen LogP contribution >= 0.6 is 15.6 Å². The molecule has 1 saturated carbocycles. The standard InChI is InChI=1S/C49H82O19P2/c1-3-5-7-8-9-10-11-12-13-14-15-16-17-18-19-20-25-29-42(53)64-34-37-35-65-70(62,63)68-49-47(58)46(57)44(55)38(28-24-21-22-26-30-43(54)66-37)40(51)33-41(52)39(32-31-36(50)27-23-6-4-2)45(56)48(49)67-69(59,60)61/h9-10,12-13,15-16,21,24,31-32,36-39,41,44-50,52,55-58H,3-8,11,14,17-20,22-23,25-30,33-35H2,1-2H3,(H,62,63)(H2,59,60,61)/b10-9-,13-12-,16-15-,24-21-,32-31+/t36-,37+,38-,39-,41+,44+,45+,46-,47+,48+,49-/m0/s1. The molecule has 2 aliphatic rings. The van der Waals surface area contributed by atoms with Crippen LogP contribution in [-0.4, -0.2) is 131 Å². The minimum atomic E-state index is -5.79. The summed E-state index contributed by atoms with van der Waals surface area (Å²) >= 11 is 0. The Balaban J connectivity index is 2.27. The Morgan fingerprint density at radius 1 is 0.843 bits per heavy atom. The quantitative estimate of drug-likeness (QED) is 0.0206. The Morgan fingerprint density at radius 3 is 2.13 bits per heavy atom. The van der Waals surface area contributed by atoms with Crippen LogP contribution in [0.5, 0.6) is 0 Å². The van der Waals surface area contributed by atoms with Gasteiger partial charge in [-0.2, -0.15) is 0 Å². The molecular formula is C49H82O19P2. The first-order valence-corrected chi connectivity index (χ1v) is 28.0. The molecule has 12 atom stereocenters. The Morgan fingerprint density at radius 2 is 1.47 bits per heavy atom. The Bertz CT molecular complexity index is 1750. The highest BCUT2D eigenvalue weighted by molar-refractivity contribution is 7.47. The smallest absolute Gasteiger partial charge is 0.462 e. The number of hydrogen-bond acceptors (Lipinski definition) is 16. The number of phosphoric acid groups is 2. The molecule has 0 amide bonds. The zero-order chi connectivity index (χ0) is 52.0. The highest BCUT2D eigenvalue weighted by atomic mass is 31.2. The van der Waals surface area contributed by atoms with Gasteiger partial charge in [0, 0.05) is 31.1 Å². The van der Waals surface area contributed by atoms with Crippen molar-refractivity contribution in [2.24, 2.45) is 11.8 Å². The first kappa shape index (κ1) is 63.4. The molecule has 1 fully saturated rings. The molecule has 402 valence electrons. The Hall–Kier alpha value is -2.71. The molecule has 2 bridgehead atoms. The second-order valence-corrected chi connectivity index (χ2v) is 20.6. The minimum absolute atomic E-state index is 0.0231. The number of esters is 2. The summed E-state index contributed by atoms with van der Waals surface area (Å²) in [4.78, 5) is 70.4. The fourth-order valence-corrected chi connectivity index (χ4v) is 9.44. The molecule has 70 heavy (non-hydrogen) atoms. The van der Waals surface area contributed by atoms with Crippen molar-refractivity contribution in [1.82, 2.24) is 0 Å². The van der Waals surface area contributed by atoms with Crippen molar-refractivity contribution >= 4 is 33.4 Å². The van der Waals surface area contributed by atoms with E-state index < -0.39 is 120 Å². The van der Waals surface area contributed by atoms with Crippen molar-refractivity contribution in [3.8, 4) is 0 Å².